The van der Waals surface area contributed by atoms with Crippen molar-refractivity contribution in [3.05, 3.63) is 73.5 Å². The number of Topliss-reactive ketones (excluding diaryl/α,β-unsaturated/α-hetero) is 1. The van der Waals surface area contributed by atoms with Crippen LogP contribution in [0.2, 0.25) is 0 Å². The van der Waals surface area contributed by atoms with Gasteiger partial charge in [0, 0.05) is 62.2 Å². The van der Waals surface area contributed by atoms with Crippen molar-refractivity contribution >= 4 is 5.78 Å². The van der Waals surface area contributed by atoms with Crippen LogP contribution < -0.4 is 0 Å². The topological polar surface area (TPSA) is 57.0 Å². The van der Waals surface area contributed by atoms with Crippen LogP contribution >= 0.6 is 0 Å². The monoisotopic (exact) mass is 604 g/mol. The van der Waals surface area contributed by atoms with E-state index in [1.54, 1.807) is 0 Å². The SMILES string of the molecule is [CH2-]C(CC(C)(C)C)C(=O)C(C)(C)C.[CH2-]COC1Cc2ccccc2-c2c(nnn2CCC)-c2ccccc21.[Y]. The van der Waals surface area contributed by atoms with E-state index in [1.807, 2.05) is 25.5 Å². The molecule has 0 aliphatic heterocycles. The van der Waals surface area contributed by atoms with Crippen molar-refractivity contribution in [2.45, 2.75) is 80.4 Å². The molecule has 209 valence electrons. The van der Waals surface area contributed by atoms with Crippen molar-refractivity contribution in [2.75, 3.05) is 6.61 Å². The Bertz CT molecular complexity index is 1220. The number of carbonyl (C=O) groups is 1. The van der Waals surface area contributed by atoms with Crippen LogP contribution in [0.25, 0.3) is 22.5 Å². The van der Waals surface area contributed by atoms with E-state index < -0.39 is 0 Å². The van der Waals surface area contributed by atoms with Crippen LogP contribution in [0.1, 0.15) is 78.5 Å². The molecule has 0 amide bonds. The molecule has 5 nitrogen and oxygen atoms in total. The van der Waals surface area contributed by atoms with E-state index in [1.165, 1.54) is 11.1 Å². The molecule has 0 saturated heterocycles. The molecule has 6 heteroatoms. The van der Waals surface area contributed by atoms with E-state index >= 15 is 0 Å². The van der Waals surface area contributed by atoms with Crippen LogP contribution in [0.15, 0.2) is 48.5 Å². The molecule has 39 heavy (non-hydrogen) atoms. The zero-order chi connectivity index (χ0) is 28.1. The Labute approximate surface area is 261 Å². The van der Waals surface area contributed by atoms with Crippen LogP contribution in [0.4, 0.5) is 0 Å². The molecular formula is C33H45N3O2Y-2. The molecule has 1 aliphatic carbocycles. The molecule has 2 atom stereocenters. The molecule has 3 aromatic rings. The number of aryl methyl sites for hydroxylation is 1. The predicted molar refractivity (Wildman–Crippen MR) is 156 cm³/mol. The van der Waals surface area contributed by atoms with Gasteiger partial charge < -0.3 is 23.4 Å². The summed E-state index contributed by atoms with van der Waals surface area (Å²) in [6.07, 6.45) is 2.68. The first kappa shape index (κ1) is 33.5. The molecule has 0 N–H and O–H groups in total. The first-order chi connectivity index (χ1) is 17.9. The van der Waals surface area contributed by atoms with Crippen LogP contribution in [0.3, 0.4) is 0 Å². The van der Waals surface area contributed by atoms with Crippen molar-refractivity contribution in [3.63, 3.8) is 0 Å². The number of carbonyl (C=O) groups excluding carboxylic acids is 1. The first-order valence-electron chi connectivity index (χ1n) is 13.8. The van der Waals surface area contributed by atoms with Gasteiger partial charge in [-0.15, -0.1) is 11.0 Å². The van der Waals surface area contributed by atoms with Gasteiger partial charge in [0.15, 0.2) is 0 Å². The largest absolute Gasteiger partial charge is 0.405 e. The Morgan fingerprint density at radius 2 is 1.67 bits per heavy atom. The number of ether oxygens (including phenoxy) is 1. The quantitative estimate of drug-likeness (QED) is 0.268. The van der Waals surface area contributed by atoms with Crippen LogP contribution in [0.5, 0.6) is 0 Å². The Morgan fingerprint density at radius 1 is 1.05 bits per heavy atom. The second-order valence-electron chi connectivity index (χ2n) is 12.4. The molecular weight excluding hydrogens is 559 g/mol. The minimum Gasteiger partial charge on any atom is -0.405 e. The van der Waals surface area contributed by atoms with Gasteiger partial charge in [-0.05, 0) is 23.0 Å². The molecule has 1 aromatic heterocycles. The maximum atomic E-state index is 11.8. The molecule has 0 spiro atoms. The van der Waals surface area contributed by atoms with Crippen molar-refractivity contribution < 1.29 is 42.2 Å². The fourth-order valence-electron chi connectivity index (χ4n) is 5.10. The minimum absolute atomic E-state index is 0. The number of aromatic nitrogens is 3. The van der Waals surface area contributed by atoms with E-state index in [0.29, 0.717) is 6.61 Å². The van der Waals surface area contributed by atoms with Gasteiger partial charge in [0.25, 0.3) is 0 Å². The van der Waals surface area contributed by atoms with Gasteiger partial charge in [-0.3, -0.25) is 0 Å². The van der Waals surface area contributed by atoms with E-state index in [0.717, 1.165) is 48.3 Å². The van der Waals surface area contributed by atoms with Gasteiger partial charge in [-0.25, -0.2) is 4.68 Å². The van der Waals surface area contributed by atoms with Crippen LogP contribution in [0, 0.1) is 30.6 Å². The van der Waals surface area contributed by atoms with E-state index in [2.05, 4.69) is 100 Å². The van der Waals surface area contributed by atoms with Crippen molar-refractivity contribution in [1.82, 2.24) is 15.0 Å². The van der Waals surface area contributed by atoms with E-state index in [4.69, 9.17) is 4.74 Å². The Morgan fingerprint density at radius 3 is 2.26 bits per heavy atom. The summed E-state index contributed by atoms with van der Waals surface area (Å²) in [5, 5.41) is 9.01. The third-order valence-electron chi connectivity index (χ3n) is 6.70. The zero-order valence-corrected chi connectivity index (χ0v) is 27.8. The summed E-state index contributed by atoms with van der Waals surface area (Å²) in [5.41, 5.74) is 6.70. The summed E-state index contributed by atoms with van der Waals surface area (Å²) < 4.78 is 8.04. The summed E-state index contributed by atoms with van der Waals surface area (Å²) in [4.78, 5) is 11.8. The minimum atomic E-state index is -0.252. The molecule has 1 heterocycles. The summed E-state index contributed by atoms with van der Waals surface area (Å²) in [5.74, 6) is 0.197. The molecule has 1 radical (unpaired) electrons. The third kappa shape index (κ3) is 8.65. The molecule has 1 aliphatic rings. The van der Waals surface area contributed by atoms with E-state index in [-0.39, 0.29) is 61.3 Å². The van der Waals surface area contributed by atoms with Crippen molar-refractivity contribution in [1.29, 1.82) is 0 Å². The summed E-state index contributed by atoms with van der Waals surface area (Å²) >= 11 is 0. The van der Waals surface area contributed by atoms with E-state index in [9.17, 15) is 4.79 Å². The Balaban J connectivity index is 0.000000328. The normalized spacial score (nSPS) is 15.3. The maximum absolute atomic E-state index is 11.8. The number of rotatable bonds is 6. The predicted octanol–water partition coefficient (Wildman–Crippen LogP) is 7.96. The maximum Gasteiger partial charge on any atom is 0.121 e. The van der Waals surface area contributed by atoms with Gasteiger partial charge in [0.05, 0.1) is 11.8 Å². The van der Waals surface area contributed by atoms with Crippen LogP contribution in [-0.4, -0.2) is 27.4 Å². The standard InChI is InChI=1S/C21H22N3O.C12H23O.Y/c1-3-13-24-21-16-10-6-5-9-15(16)14-19(25-4-2)17-11-7-8-12-18(17)20(21)22-23-24;1-9(8-11(2,3)4)10(13)12(5,6)7;/h5-12,19H,2-4,13-14H2,1H3;9H,1,8H2,2-7H3;/q2*-1;. The fraction of sp³-hybridized carbons (Fsp3) is 0.485. The number of nitrogens with zero attached hydrogens (tertiary/aromatic N) is 3. The fourth-order valence-corrected chi connectivity index (χ4v) is 5.10. The van der Waals surface area contributed by atoms with Gasteiger partial charge >= 0.3 is 0 Å². The van der Waals surface area contributed by atoms with Gasteiger partial charge in [-0.2, -0.15) is 0 Å². The number of benzene rings is 2. The molecule has 0 bridgehead atoms. The number of hydrogen-bond acceptors (Lipinski definition) is 4. The van der Waals surface area contributed by atoms with Gasteiger partial charge in [-0.1, -0.05) is 115 Å². The Hall–Kier alpha value is -1.69. The van der Waals surface area contributed by atoms with Gasteiger partial charge in [0.2, 0.25) is 0 Å². The molecule has 0 fully saturated rings. The third-order valence-corrected chi connectivity index (χ3v) is 6.70. The number of ketones is 1. The molecule has 2 aromatic carbocycles. The average Bonchev–Trinajstić information content (AvgIpc) is 3.24. The second-order valence-corrected chi connectivity index (χ2v) is 12.4. The summed E-state index contributed by atoms with van der Waals surface area (Å²) in [6.45, 7) is 23.6. The van der Waals surface area contributed by atoms with Crippen molar-refractivity contribution in [3.8, 4) is 22.5 Å². The second kappa shape index (κ2) is 14.3. The smallest absolute Gasteiger partial charge is 0.121 e. The zero-order valence-electron chi connectivity index (χ0n) is 25.0. The number of fused-ring (bicyclic) bond motifs is 5. The summed E-state index contributed by atoms with van der Waals surface area (Å²) in [6, 6.07) is 16.9. The number of hydrogen-bond donors (Lipinski definition) is 0. The van der Waals surface area contributed by atoms with Crippen LogP contribution in [-0.2, 0) is 55.2 Å². The summed E-state index contributed by atoms with van der Waals surface area (Å²) in [7, 11) is 0. The molecule has 0 saturated carbocycles. The molecule has 2 unspecified atom stereocenters. The first-order valence-corrected chi connectivity index (χ1v) is 13.8. The average molecular weight is 605 g/mol. The molecule has 4 rings (SSSR count). The van der Waals surface area contributed by atoms with Gasteiger partial charge in [0.1, 0.15) is 11.5 Å². The van der Waals surface area contributed by atoms with Crippen molar-refractivity contribution in [2.24, 2.45) is 16.7 Å². The Kier molecular flexibility index (Phi) is 12.3.